The van der Waals surface area contributed by atoms with Crippen LogP contribution in [0.4, 0.5) is 15.8 Å². The van der Waals surface area contributed by atoms with Crippen molar-refractivity contribution in [2.24, 2.45) is 0 Å². The Kier molecular flexibility index (Phi) is 5.38. The quantitative estimate of drug-likeness (QED) is 0.801. The second-order valence-electron chi connectivity index (χ2n) is 6.28. The average Bonchev–Trinajstić information content (AvgIpc) is 2.57. The van der Waals surface area contributed by atoms with E-state index in [9.17, 15) is 21.2 Å². The molecule has 1 heterocycles. The van der Waals surface area contributed by atoms with Gasteiger partial charge in [0, 0.05) is 6.54 Å². The lowest BCUT2D eigenvalue weighted by atomic mass is 10.2. The Hall–Kier alpha value is -1.84. The summed E-state index contributed by atoms with van der Waals surface area (Å²) in [4.78, 5) is 0.00102. The molecule has 146 valence electrons. The van der Waals surface area contributed by atoms with Gasteiger partial charge in [0.1, 0.15) is 5.82 Å². The largest absolute Gasteiger partial charge is 0.280 e. The van der Waals surface area contributed by atoms with Gasteiger partial charge >= 0.3 is 0 Å². The molecule has 1 aliphatic heterocycles. The van der Waals surface area contributed by atoms with Gasteiger partial charge < -0.3 is 0 Å². The third-order valence-corrected chi connectivity index (χ3v) is 7.96. The van der Waals surface area contributed by atoms with E-state index in [-0.39, 0.29) is 21.4 Å². The van der Waals surface area contributed by atoms with E-state index in [0.29, 0.717) is 24.2 Å². The maximum Gasteiger partial charge on any atom is 0.262 e. The Morgan fingerprint density at radius 1 is 1.15 bits per heavy atom. The van der Waals surface area contributed by atoms with Crippen molar-refractivity contribution in [3.63, 3.8) is 0 Å². The molecule has 0 aliphatic carbocycles. The molecule has 1 saturated heterocycles. The maximum absolute atomic E-state index is 13.2. The highest BCUT2D eigenvalue weighted by atomic mass is 35.5. The van der Waals surface area contributed by atoms with Crippen LogP contribution < -0.4 is 9.03 Å². The first-order chi connectivity index (χ1) is 12.6. The van der Waals surface area contributed by atoms with E-state index in [4.69, 9.17) is 11.6 Å². The van der Waals surface area contributed by atoms with Crippen molar-refractivity contribution < 1.29 is 21.2 Å². The van der Waals surface area contributed by atoms with Crippen LogP contribution >= 0.6 is 11.6 Å². The van der Waals surface area contributed by atoms with Crippen LogP contribution in [0.1, 0.15) is 18.4 Å². The van der Waals surface area contributed by atoms with Crippen molar-refractivity contribution in [3.05, 3.63) is 52.8 Å². The van der Waals surface area contributed by atoms with Gasteiger partial charge in [-0.2, -0.15) is 0 Å². The van der Waals surface area contributed by atoms with Crippen LogP contribution in [0, 0.1) is 12.7 Å². The number of nitrogens with zero attached hydrogens (tertiary/aromatic N) is 1. The van der Waals surface area contributed by atoms with Crippen LogP contribution in [0.3, 0.4) is 0 Å². The lowest BCUT2D eigenvalue weighted by Crippen LogP contribution is -2.37. The summed E-state index contributed by atoms with van der Waals surface area (Å²) in [7, 11) is -7.33. The first kappa shape index (κ1) is 19.9. The molecule has 6 nitrogen and oxygen atoms in total. The Morgan fingerprint density at radius 3 is 2.52 bits per heavy atom. The van der Waals surface area contributed by atoms with E-state index in [1.807, 2.05) is 0 Å². The van der Waals surface area contributed by atoms with Gasteiger partial charge in [0.2, 0.25) is 10.0 Å². The molecule has 0 saturated carbocycles. The van der Waals surface area contributed by atoms with Gasteiger partial charge in [0.25, 0.3) is 10.0 Å². The summed E-state index contributed by atoms with van der Waals surface area (Å²) in [5.41, 5.74) is 0.966. The molecule has 0 radical (unpaired) electrons. The van der Waals surface area contributed by atoms with Crippen LogP contribution in [-0.2, 0) is 20.0 Å². The fraction of sp³-hybridized carbons (Fsp3) is 0.294. The standard InChI is InChI=1S/C17H18ClFN2O4S2/c1-12-10-14(21-8-2-3-9-26(21,22)23)5-7-17(12)27(24,25)20-13-4-6-16(19)15(18)11-13/h4-7,10-11,20H,2-3,8-9H2,1H3. The molecular weight excluding hydrogens is 415 g/mol. The van der Waals surface area contributed by atoms with Crippen LogP contribution in [0.2, 0.25) is 5.02 Å². The summed E-state index contributed by atoms with van der Waals surface area (Å²) >= 11 is 5.68. The Labute approximate surface area is 163 Å². The SMILES string of the molecule is Cc1cc(N2CCCCS2(=O)=O)ccc1S(=O)(=O)Nc1ccc(F)c(Cl)c1. The van der Waals surface area contributed by atoms with Crippen LogP contribution in [0.15, 0.2) is 41.3 Å². The fourth-order valence-electron chi connectivity index (χ4n) is 2.94. The van der Waals surface area contributed by atoms with E-state index < -0.39 is 25.9 Å². The highest BCUT2D eigenvalue weighted by Gasteiger charge is 2.27. The lowest BCUT2D eigenvalue weighted by Gasteiger charge is -2.28. The fourth-order valence-corrected chi connectivity index (χ4v) is 6.03. The predicted molar refractivity (Wildman–Crippen MR) is 104 cm³/mol. The molecule has 27 heavy (non-hydrogen) atoms. The molecule has 2 aromatic carbocycles. The van der Waals surface area contributed by atoms with Crippen molar-refractivity contribution in [2.75, 3.05) is 21.3 Å². The summed E-state index contributed by atoms with van der Waals surface area (Å²) in [6, 6.07) is 7.89. The van der Waals surface area contributed by atoms with Crippen molar-refractivity contribution in [3.8, 4) is 0 Å². The summed E-state index contributed by atoms with van der Waals surface area (Å²) in [5.74, 6) is -0.568. The van der Waals surface area contributed by atoms with Crippen molar-refractivity contribution >= 4 is 43.0 Å². The topological polar surface area (TPSA) is 83.6 Å². The van der Waals surface area contributed by atoms with E-state index >= 15 is 0 Å². The Balaban J connectivity index is 1.91. The maximum atomic E-state index is 13.2. The number of benzene rings is 2. The normalized spacial score (nSPS) is 16.9. The minimum absolute atomic E-state index is 0.00102. The van der Waals surface area contributed by atoms with Gasteiger partial charge in [-0.15, -0.1) is 0 Å². The van der Waals surface area contributed by atoms with Crippen molar-refractivity contribution in [1.29, 1.82) is 0 Å². The lowest BCUT2D eigenvalue weighted by molar-refractivity contribution is 0.574. The van der Waals surface area contributed by atoms with Crippen molar-refractivity contribution in [1.82, 2.24) is 0 Å². The molecule has 1 fully saturated rings. The summed E-state index contributed by atoms with van der Waals surface area (Å²) in [5, 5.41) is -0.197. The number of nitrogens with one attached hydrogen (secondary N) is 1. The van der Waals surface area contributed by atoms with Crippen LogP contribution in [0.25, 0.3) is 0 Å². The van der Waals surface area contributed by atoms with Gasteiger partial charge in [-0.1, -0.05) is 11.6 Å². The molecular formula is C17H18ClFN2O4S2. The molecule has 0 spiro atoms. The Bertz CT molecular complexity index is 1090. The zero-order valence-corrected chi connectivity index (χ0v) is 16.8. The third kappa shape index (κ3) is 4.20. The molecule has 0 bridgehead atoms. The van der Waals surface area contributed by atoms with Gasteiger partial charge in [0.05, 0.1) is 27.0 Å². The first-order valence-corrected chi connectivity index (χ1v) is 11.7. The van der Waals surface area contributed by atoms with Crippen molar-refractivity contribution in [2.45, 2.75) is 24.7 Å². The zero-order chi connectivity index (χ0) is 19.8. The summed E-state index contributed by atoms with van der Waals surface area (Å²) in [6.07, 6.45) is 1.37. The van der Waals surface area contributed by atoms with E-state index in [2.05, 4.69) is 4.72 Å². The number of hydrogen-bond acceptors (Lipinski definition) is 4. The summed E-state index contributed by atoms with van der Waals surface area (Å²) < 4.78 is 66.7. The molecule has 2 aromatic rings. The summed E-state index contributed by atoms with van der Waals surface area (Å²) in [6.45, 7) is 1.96. The van der Waals surface area contributed by atoms with Gasteiger partial charge in [0.15, 0.2) is 0 Å². The van der Waals surface area contributed by atoms with Gasteiger partial charge in [-0.25, -0.2) is 21.2 Å². The Morgan fingerprint density at radius 2 is 1.89 bits per heavy atom. The molecule has 10 heteroatoms. The molecule has 1 N–H and O–H groups in total. The number of aryl methyl sites for hydroxylation is 1. The van der Waals surface area contributed by atoms with Crippen LogP contribution in [0.5, 0.6) is 0 Å². The molecule has 0 unspecified atom stereocenters. The number of hydrogen-bond donors (Lipinski definition) is 1. The average molecular weight is 433 g/mol. The number of halogens is 2. The van der Waals surface area contributed by atoms with Gasteiger partial charge in [-0.05, 0) is 61.7 Å². The monoisotopic (exact) mass is 432 g/mol. The predicted octanol–water partition coefficient (Wildman–Crippen LogP) is 3.52. The molecule has 0 aromatic heterocycles. The van der Waals surface area contributed by atoms with E-state index in [1.54, 1.807) is 6.92 Å². The van der Waals surface area contributed by atoms with Crippen LogP contribution in [-0.4, -0.2) is 29.1 Å². The highest BCUT2D eigenvalue weighted by molar-refractivity contribution is 7.93. The minimum Gasteiger partial charge on any atom is -0.280 e. The number of rotatable bonds is 4. The van der Waals surface area contributed by atoms with E-state index in [0.717, 1.165) is 12.5 Å². The third-order valence-electron chi connectivity index (χ3n) is 4.26. The smallest absolute Gasteiger partial charge is 0.262 e. The second kappa shape index (κ2) is 7.29. The first-order valence-electron chi connectivity index (χ1n) is 8.19. The molecule has 0 amide bonds. The molecule has 3 rings (SSSR count). The number of anilines is 2. The highest BCUT2D eigenvalue weighted by Crippen LogP contribution is 2.29. The van der Waals surface area contributed by atoms with E-state index in [1.165, 1.54) is 34.6 Å². The molecule has 1 aliphatic rings. The zero-order valence-electron chi connectivity index (χ0n) is 14.4. The molecule has 0 atom stereocenters. The number of sulfonamides is 2. The minimum atomic E-state index is -3.95. The second-order valence-corrected chi connectivity index (χ2v) is 10.4. The van der Waals surface area contributed by atoms with Gasteiger partial charge in [-0.3, -0.25) is 9.03 Å².